The summed E-state index contributed by atoms with van der Waals surface area (Å²) in [6.07, 6.45) is 0.696. The second kappa shape index (κ2) is 7.20. The van der Waals surface area contributed by atoms with Crippen LogP contribution in [0.5, 0.6) is 0 Å². The maximum atomic E-state index is 12.1. The number of thiophene rings is 1. The van der Waals surface area contributed by atoms with Gasteiger partial charge in [0.25, 0.3) is 0 Å². The Morgan fingerprint density at radius 3 is 2.72 bits per heavy atom. The molecule has 0 radical (unpaired) electrons. The molecule has 7 heteroatoms. The molecule has 0 aliphatic rings. The molecule has 1 rings (SSSR count). The Hall–Kier alpha value is -0.470. The first kappa shape index (κ1) is 15.6. The van der Waals surface area contributed by atoms with Gasteiger partial charge < -0.3 is 10.1 Å². The number of ether oxygens (including phenoxy) is 1. The molecule has 0 aromatic carbocycles. The van der Waals surface area contributed by atoms with Crippen LogP contribution in [0.2, 0.25) is 0 Å². The molecule has 0 saturated carbocycles. The van der Waals surface area contributed by atoms with Crippen LogP contribution in [0.1, 0.15) is 18.2 Å². The zero-order chi connectivity index (χ0) is 13.6. The molecule has 1 aromatic heterocycles. The molecule has 5 nitrogen and oxygen atoms in total. The van der Waals surface area contributed by atoms with Crippen molar-refractivity contribution in [2.45, 2.75) is 30.1 Å². The van der Waals surface area contributed by atoms with Crippen molar-refractivity contribution in [1.29, 1.82) is 0 Å². The summed E-state index contributed by atoms with van der Waals surface area (Å²) < 4.78 is 32.2. The van der Waals surface area contributed by atoms with Crippen molar-refractivity contribution in [2.75, 3.05) is 20.8 Å². The van der Waals surface area contributed by atoms with E-state index in [0.29, 0.717) is 23.8 Å². The van der Waals surface area contributed by atoms with Gasteiger partial charge in [-0.25, -0.2) is 13.1 Å². The van der Waals surface area contributed by atoms with Crippen LogP contribution in [0.25, 0.3) is 0 Å². The number of hydrogen-bond acceptors (Lipinski definition) is 5. The third kappa shape index (κ3) is 4.33. The summed E-state index contributed by atoms with van der Waals surface area (Å²) in [6.45, 7) is 2.98. The van der Waals surface area contributed by atoms with E-state index in [4.69, 9.17) is 4.74 Å². The summed E-state index contributed by atoms with van der Waals surface area (Å²) in [5.41, 5.74) is 0. The average Bonchev–Trinajstić information content (AvgIpc) is 2.78. The van der Waals surface area contributed by atoms with Gasteiger partial charge >= 0.3 is 0 Å². The van der Waals surface area contributed by atoms with Crippen molar-refractivity contribution in [2.24, 2.45) is 0 Å². The molecular formula is C11H20N2O3S2. The van der Waals surface area contributed by atoms with E-state index in [1.54, 1.807) is 13.2 Å². The van der Waals surface area contributed by atoms with Crippen molar-refractivity contribution in [3.8, 4) is 0 Å². The van der Waals surface area contributed by atoms with Crippen molar-refractivity contribution in [3.63, 3.8) is 0 Å². The van der Waals surface area contributed by atoms with Crippen LogP contribution in [0.15, 0.2) is 16.3 Å². The molecule has 0 aliphatic heterocycles. The summed E-state index contributed by atoms with van der Waals surface area (Å²) in [7, 11) is -0.0367. The van der Waals surface area contributed by atoms with Crippen LogP contribution in [0.4, 0.5) is 0 Å². The second-order valence-corrected chi connectivity index (χ2v) is 7.04. The van der Waals surface area contributed by atoms with Crippen LogP contribution >= 0.6 is 11.3 Å². The van der Waals surface area contributed by atoms with E-state index in [2.05, 4.69) is 10.0 Å². The first-order valence-electron chi connectivity index (χ1n) is 5.78. The maximum absolute atomic E-state index is 12.1. The number of nitrogens with one attached hydrogen (secondary N) is 2. The lowest BCUT2D eigenvalue weighted by molar-refractivity contribution is 0.173. The normalized spacial score (nSPS) is 13.7. The van der Waals surface area contributed by atoms with Gasteiger partial charge in [0, 0.05) is 24.6 Å². The smallest absolute Gasteiger partial charge is 0.250 e. The second-order valence-electron chi connectivity index (χ2n) is 3.93. The quantitative estimate of drug-likeness (QED) is 0.755. The zero-order valence-corrected chi connectivity index (χ0v) is 12.5. The Morgan fingerprint density at radius 2 is 2.17 bits per heavy atom. The van der Waals surface area contributed by atoms with Gasteiger partial charge in [-0.2, -0.15) is 0 Å². The SMILES string of the molecule is CCC(COC)NS(=O)(=O)c1ccc(CNC)s1. The summed E-state index contributed by atoms with van der Waals surface area (Å²) >= 11 is 1.28. The number of hydrogen-bond donors (Lipinski definition) is 2. The van der Waals surface area contributed by atoms with Crippen LogP contribution in [-0.2, 0) is 21.3 Å². The number of sulfonamides is 1. The van der Waals surface area contributed by atoms with E-state index in [1.165, 1.54) is 11.3 Å². The lowest BCUT2D eigenvalue weighted by Crippen LogP contribution is -2.37. The van der Waals surface area contributed by atoms with Crippen molar-refractivity contribution in [1.82, 2.24) is 10.0 Å². The fraction of sp³-hybridized carbons (Fsp3) is 0.636. The van der Waals surface area contributed by atoms with Gasteiger partial charge in [0.1, 0.15) is 4.21 Å². The average molecular weight is 292 g/mol. The summed E-state index contributed by atoms with van der Waals surface area (Å²) in [5, 5.41) is 3.00. The maximum Gasteiger partial charge on any atom is 0.250 e. The van der Waals surface area contributed by atoms with Crippen LogP contribution in [0, 0.1) is 0 Å². The molecular weight excluding hydrogens is 272 g/mol. The molecule has 2 N–H and O–H groups in total. The number of methoxy groups -OCH3 is 1. The van der Waals surface area contributed by atoms with Crippen LogP contribution in [0.3, 0.4) is 0 Å². The first-order chi connectivity index (χ1) is 8.53. The Morgan fingerprint density at radius 1 is 1.44 bits per heavy atom. The van der Waals surface area contributed by atoms with Crippen molar-refractivity contribution in [3.05, 3.63) is 17.0 Å². The molecule has 1 unspecified atom stereocenters. The van der Waals surface area contributed by atoms with E-state index >= 15 is 0 Å². The first-order valence-corrected chi connectivity index (χ1v) is 8.08. The molecule has 0 saturated heterocycles. The Kier molecular flexibility index (Phi) is 6.24. The summed E-state index contributed by atoms with van der Waals surface area (Å²) in [4.78, 5) is 0.998. The molecule has 0 bridgehead atoms. The Bertz CT molecular complexity index is 457. The monoisotopic (exact) mass is 292 g/mol. The van der Waals surface area contributed by atoms with E-state index in [1.807, 2.05) is 20.0 Å². The minimum absolute atomic E-state index is 0.185. The van der Waals surface area contributed by atoms with Gasteiger partial charge in [0.2, 0.25) is 10.0 Å². The van der Waals surface area contributed by atoms with Gasteiger partial charge in [-0.3, -0.25) is 0 Å². The van der Waals surface area contributed by atoms with E-state index in [0.717, 1.165) is 4.88 Å². The predicted molar refractivity (Wildman–Crippen MR) is 73.4 cm³/mol. The molecule has 1 heterocycles. The van der Waals surface area contributed by atoms with Crippen LogP contribution in [-0.4, -0.2) is 35.2 Å². The van der Waals surface area contributed by atoms with E-state index < -0.39 is 10.0 Å². The van der Waals surface area contributed by atoms with Gasteiger partial charge in [-0.05, 0) is 25.6 Å². The topological polar surface area (TPSA) is 67.4 Å². The molecule has 0 spiro atoms. The van der Waals surface area contributed by atoms with Crippen LogP contribution < -0.4 is 10.0 Å². The molecule has 0 aliphatic carbocycles. The molecule has 1 aromatic rings. The van der Waals surface area contributed by atoms with Gasteiger partial charge in [-0.15, -0.1) is 11.3 Å². The Labute approximate surface area is 113 Å². The van der Waals surface area contributed by atoms with E-state index in [-0.39, 0.29) is 6.04 Å². The lowest BCUT2D eigenvalue weighted by Gasteiger charge is -2.15. The minimum atomic E-state index is -3.43. The molecule has 0 fully saturated rings. The highest BCUT2D eigenvalue weighted by Gasteiger charge is 2.20. The highest BCUT2D eigenvalue weighted by Crippen LogP contribution is 2.21. The van der Waals surface area contributed by atoms with E-state index in [9.17, 15) is 8.42 Å². The lowest BCUT2D eigenvalue weighted by atomic mass is 10.3. The zero-order valence-electron chi connectivity index (χ0n) is 10.9. The minimum Gasteiger partial charge on any atom is -0.383 e. The third-order valence-electron chi connectivity index (χ3n) is 2.44. The standard InChI is InChI=1S/C11H20N2O3S2/c1-4-9(8-16-3)13-18(14,15)11-6-5-10(17-11)7-12-2/h5-6,9,12-13H,4,7-8H2,1-3H3. The fourth-order valence-electron chi connectivity index (χ4n) is 1.49. The largest absolute Gasteiger partial charge is 0.383 e. The molecule has 18 heavy (non-hydrogen) atoms. The highest BCUT2D eigenvalue weighted by molar-refractivity contribution is 7.91. The number of rotatable bonds is 8. The molecule has 1 atom stereocenters. The summed E-state index contributed by atoms with van der Waals surface area (Å²) in [5.74, 6) is 0. The molecule has 0 amide bonds. The molecule has 104 valence electrons. The Balaban J connectivity index is 2.78. The van der Waals surface area contributed by atoms with Crippen molar-refractivity contribution < 1.29 is 13.2 Å². The van der Waals surface area contributed by atoms with Crippen molar-refractivity contribution >= 4 is 21.4 Å². The van der Waals surface area contributed by atoms with Gasteiger partial charge in [-0.1, -0.05) is 6.92 Å². The summed E-state index contributed by atoms with van der Waals surface area (Å²) in [6, 6.07) is 3.28. The fourth-order valence-corrected chi connectivity index (χ4v) is 4.17. The van der Waals surface area contributed by atoms with Gasteiger partial charge in [0.15, 0.2) is 0 Å². The highest BCUT2D eigenvalue weighted by atomic mass is 32.2. The third-order valence-corrected chi connectivity index (χ3v) is 5.53. The van der Waals surface area contributed by atoms with Gasteiger partial charge in [0.05, 0.1) is 6.61 Å². The predicted octanol–water partition coefficient (Wildman–Crippen LogP) is 1.17.